The van der Waals surface area contributed by atoms with Gasteiger partial charge in [-0.05, 0) is 44.9 Å². The Labute approximate surface area is 139 Å². The Morgan fingerprint density at radius 2 is 2.23 bits per heavy atom. The lowest BCUT2D eigenvalue weighted by atomic mass is 10.2. The van der Waals surface area contributed by atoms with Crippen LogP contribution in [0.5, 0.6) is 0 Å². The molecule has 1 N–H and O–H groups in total. The molecule has 118 valence electrons. The maximum Gasteiger partial charge on any atom is 0.407 e. The van der Waals surface area contributed by atoms with E-state index >= 15 is 0 Å². The van der Waals surface area contributed by atoms with Crippen LogP contribution in [0.2, 0.25) is 4.47 Å². The molecule has 0 atom stereocenters. The number of nitrogens with one attached hydrogen (secondary N) is 1. The van der Waals surface area contributed by atoms with Crippen molar-refractivity contribution in [3.63, 3.8) is 0 Å². The number of amides is 1. The first-order chi connectivity index (χ1) is 10.3. The number of rotatable bonds is 4. The van der Waals surface area contributed by atoms with Gasteiger partial charge in [0.05, 0.1) is 10.2 Å². The van der Waals surface area contributed by atoms with Crippen LogP contribution in [0, 0.1) is 0 Å². The van der Waals surface area contributed by atoms with Gasteiger partial charge in [-0.15, -0.1) is 11.3 Å². The summed E-state index contributed by atoms with van der Waals surface area (Å²) in [7, 11) is 0. The van der Waals surface area contributed by atoms with Gasteiger partial charge in [-0.2, -0.15) is 0 Å². The molecule has 0 unspecified atom stereocenters. The molecule has 0 saturated heterocycles. The Hall–Kier alpha value is -1.59. The lowest BCUT2D eigenvalue weighted by molar-refractivity contribution is 0.0529. The summed E-state index contributed by atoms with van der Waals surface area (Å²) in [5.74, 6) is 0. The summed E-state index contributed by atoms with van der Waals surface area (Å²) in [6.45, 7) is 6.07. The zero-order valence-corrected chi connectivity index (χ0v) is 14.4. The fraction of sp³-hybridized carbons (Fsp3) is 0.375. The third-order valence-corrected chi connectivity index (χ3v) is 3.80. The van der Waals surface area contributed by atoms with Gasteiger partial charge in [-0.3, -0.25) is 0 Å². The minimum atomic E-state index is -0.467. The number of benzene rings is 1. The molecule has 4 nitrogen and oxygen atoms in total. The van der Waals surface area contributed by atoms with Crippen LogP contribution in [-0.4, -0.2) is 23.2 Å². The Bertz CT molecular complexity index is 689. The Kier molecular flexibility index (Phi) is 5.42. The molecule has 0 fully saturated rings. The van der Waals surface area contributed by atoms with E-state index in [2.05, 4.69) is 16.4 Å². The summed E-state index contributed by atoms with van der Waals surface area (Å²) in [4.78, 5) is 15.7. The van der Waals surface area contributed by atoms with Crippen molar-refractivity contribution in [3.8, 4) is 0 Å². The maximum atomic E-state index is 11.5. The van der Waals surface area contributed by atoms with E-state index in [4.69, 9.17) is 16.3 Å². The van der Waals surface area contributed by atoms with Crippen LogP contribution in [0.15, 0.2) is 24.3 Å². The van der Waals surface area contributed by atoms with Crippen LogP contribution in [0.25, 0.3) is 16.3 Å². The highest BCUT2D eigenvalue weighted by Gasteiger charge is 2.15. The van der Waals surface area contributed by atoms with E-state index in [9.17, 15) is 4.79 Å². The predicted octanol–water partition coefficient (Wildman–Crippen LogP) is 4.88. The van der Waals surface area contributed by atoms with Crippen molar-refractivity contribution in [1.29, 1.82) is 0 Å². The molecular formula is C16H19ClN2O2S. The molecule has 0 aliphatic heterocycles. The van der Waals surface area contributed by atoms with Gasteiger partial charge in [-0.1, -0.05) is 29.8 Å². The van der Waals surface area contributed by atoms with Crippen molar-refractivity contribution in [1.82, 2.24) is 10.3 Å². The number of nitrogens with zero attached hydrogens (tertiary/aromatic N) is 1. The third kappa shape index (κ3) is 5.31. The minimum Gasteiger partial charge on any atom is -0.444 e. The molecule has 0 spiro atoms. The molecule has 0 radical (unpaired) electrons. The average molecular weight is 339 g/mol. The van der Waals surface area contributed by atoms with Gasteiger partial charge in [0.15, 0.2) is 4.47 Å². The van der Waals surface area contributed by atoms with Crippen LogP contribution in [0.3, 0.4) is 0 Å². The second kappa shape index (κ2) is 7.11. The molecular weight excluding hydrogens is 320 g/mol. The molecule has 0 aliphatic rings. The van der Waals surface area contributed by atoms with E-state index in [0.717, 1.165) is 22.2 Å². The van der Waals surface area contributed by atoms with Crippen LogP contribution in [0.4, 0.5) is 4.79 Å². The van der Waals surface area contributed by atoms with Gasteiger partial charge in [0.1, 0.15) is 5.60 Å². The van der Waals surface area contributed by atoms with Crippen molar-refractivity contribution in [2.75, 3.05) is 6.54 Å². The number of carbonyl (C=O) groups excluding carboxylic acids is 1. The number of carbonyl (C=O) groups is 1. The monoisotopic (exact) mass is 338 g/mol. The van der Waals surface area contributed by atoms with Crippen LogP contribution < -0.4 is 5.32 Å². The number of ether oxygens (including phenoxy) is 1. The second-order valence-corrected chi connectivity index (χ2v) is 7.43. The maximum absolute atomic E-state index is 11.5. The number of fused-ring (bicyclic) bond motifs is 1. The van der Waals surface area contributed by atoms with Gasteiger partial charge in [0.25, 0.3) is 0 Å². The highest BCUT2D eigenvalue weighted by Crippen LogP contribution is 2.26. The molecule has 2 rings (SSSR count). The molecule has 1 amide bonds. The zero-order chi connectivity index (χ0) is 16.2. The highest BCUT2D eigenvalue weighted by molar-refractivity contribution is 7.22. The van der Waals surface area contributed by atoms with Gasteiger partial charge >= 0.3 is 6.09 Å². The fourth-order valence-electron chi connectivity index (χ4n) is 1.81. The minimum absolute atomic E-state index is 0.387. The van der Waals surface area contributed by atoms with E-state index in [1.54, 1.807) is 0 Å². The molecule has 1 aromatic carbocycles. The summed E-state index contributed by atoms with van der Waals surface area (Å²) in [5, 5.41) is 2.72. The molecule has 22 heavy (non-hydrogen) atoms. The molecule has 0 saturated carbocycles. The van der Waals surface area contributed by atoms with E-state index in [1.807, 2.05) is 45.1 Å². The van der Waals surface area contributed by atoms with Gasteiger partial charge in [-0.25, -0.2) is 9.78 Å². The second-order valence-electron chi connectivity index (χ2n) is 5.81. The largest absolute Gasteiger partial charge is 0.444 e. The van der Waals surface area contributed by atoms with Crippen molar-refractivity contribution < 1.29 is 9.53 Å². The van der Waals surface area contributed by atoms with Crippen LogP contribution in [-0.2, 0) is 4.74 Å². The summed E-state index contributed by atoms with van der Waals surface area (Å²) in [5.41, 5.74) is 1.54. The standard InChI is InChI=1S/C16H19ClN2O2S/c1-16(2,3)21-15(20)18-9-5-4-6-11-7-8-12-13(10-11)22-14(17)19-12/h4,6-8,10H,5,9H2,1-3H3,(H,18,20). The number of hydrogen-bond donors (Lipinski definition) is 1. The summed E-state index contributed by atoms with van der Waals surface area (Å²) in [6, 6.07) is 6.00. The van der Waals surface area contributed by atoms with E-state index < -0.39 is 5.60 Å². The molecule has 0 aliphatic carbocycles. The van der Waals surface area contributed by atoms with Crippen molar-refractivity contribution in [2.24, 2.45) is 0 Å². The van der Waals surface area contributed by atoms with Crippen molar-refractivity contribution in [3.05, 3.63) is 34.3 Å². The lowest BCUT2D eigenvalue weighted by Gasteiger charge is -2.19. The number of aromatic nitrogens is 1. The Balaban J connectivity index is 1.80. The summed E-state index contributed by atoms with van der Waals surface area (Å²) >= 11 is 7.36. The molecule has 1 aromatic heterocycles. The first-order valence-electron chi connectivity index (χ1n) is 7.03. The van der Waals surface area contributed by atoms with E-state index in [1.165, 1.54) is 11.3 Å². The van der Waals surface area contributed by atoms with E-state index in [0.29, 0.717) is 11.0 Å². The first-order valence-corrected chi connectivity index (χ1v) is 8.22. The Morgan fingerprint density at radius 1 is 1.45 bits per heavy atom. The normalized spacial score (nSPS) is 12.0. The SMILES string of the molecule is CC(C)(C)OC(=O)NCCC=Cc1ccc2nc(Cl)sc2c1. The molecule has 6 heteroatoms. The number of thiazole rings is 1. The highest BCUT2D eigenvalue weighted by atomic mass is 35.5. The van der Waals surface area contributed by atoms with Crippen molar-refractivity contribution in [2.45, 2.75) is 32.8 Å². The third-order valence-electron chi connectivity index (χ3n) is 2.68. The topological polar surface area (TPSA) is 51.2 Å². The van der Waals surface area contributed by atoms with Gasteiger partial charge in [0.2, 0.25) is 0 Å². The number of hydrogen-bond acceptors (Lipinski definition) is 4. The Morgan fingerprint density at radius 3 is 2.95 bits per heavy atom. The average Bonchev–Trinajstić information content (AvgIpc) is 2.75. The molecule has 0 bridgehead atoms. The number of alkyl carbamates (subject to hydrolysis) is 1. The molecule has 2 aromatic rings. The van der Waals surface area contributed by atoms with Crippen LogP contribution in [0.1, 0.15) is 32.8 Å². The quantitative estimate of drug-likeness (QED) is 0.808. The van der Waals surface area contributed by atoms with Gasteiger partial charge < -0.3 is 10.1 Å². The zero-order valence-electron chi connectivity index (χ0n) is 12.9. The lowest BCUT2D eigenvalue weighted by Crippen LogP contribution is -2.32. The summed E-state index contributed by atoms with van der Waals surface area (Å²) in [6.07, 6.45) is 4.38. The van der Waals surface area contributed by atoms with Crippen LogP contribution >= 0.6 is 22.9 Å². The predicted molar refractivity (Wildman–Crippen MR) is 92.5 cm³/mol. The fourth-order valence-corrected chi connectivity index (χ4v) is 2.89. The smallest absolute Gasteiger partial charge is 0.407 e. The van der Waals surface area contributed by atoms with Gasteiger partial charge in [0, 0.05) is 6.54 Å². The molecule has 1 heterocycles. The van der Waals surface area contributed by atoms with Crippen molar-refractivity contribution >= 4 is 45.3 Å². The number of halogens is 1. The van der Waals surface area contributed by atoms with E-state index in [-0.39, 0.29) is 6.09 Å². The summed E-state index contributed by atoms with van der Waals surface area (Å²) < 4.78 is 6.78. The first kappa shape index (κ1) is 16.8.